The zero-order valence-corrected chi connectivity index (χ0v) is 11.2. The highest BCUT2D eigenvalue weighted by molar-refractivity contribution is 5.83. The van der Waals surface area contributed by atoms with Crippen molar-refractivity contribution in [1.29, 1.82) is 0 Å². The zero-order valence-electron chi connectivity index (χ0n) is 11.2. The summed E-state index contributed by atoms with van der Waals surface area (Å²) < 4.78 is 0. The Hall–Kier alpha value is -0.610. The molecule has 0 saturated heterocycles. The van der Waals surface area contributed by atoms with Crippen molar-refractivity contribution in [3.8, 4) is 0 Å². The summed E-state index contributed by atoms with van der Waals surface area (Å²) in [6, 6.07) is 0. The SMILES string of the molecule is NCC1(C(=O)NC2(CO)CCCC2)CCCCC1. The molecule has 2 fully saturated rings. The van der Waals surface area contributed by atoms with Crippen LogP contribution in [0.4, 0.5) is 0 Å². The van der Waals surface area contributed by atoms with Gasteiger partial charge in [0, 0.05) is 6.54 Å². The topological polar surface area (TPSA) is 75.4 Å². The van der Waals surface area contributed by atoms with Crippen molar-refractivity contribution in [2.45, 2.75) is 63.3 Å². The number of hydrogen-bond acceptors (Lipinski definition) is 3. The van der Waals surface area contributed by atoms with E-state index >= 15 is 0 Å². The lowest BCUT2D eigenvalue weighted by Crippen LogP contribution is -2.56. The van der Waals surface area contributed by atoms with E-state index in [2.05, 4.69) is 5.32 Å². The van der Waals surface area contributed by atoms with Crippen LogP contribution in [-0.2, 0) is 4.79 Å². The van der Waals surface area contributed by atoms with E-state index < -0.39 is 0 Å². The first-order valence-electron chi connectivity index (χ1n) is 7.30. The Kier molecular flexibility index (Phi) is 4.28. The van der Waals surface area contributed by atoms with Crippen molar-refractivity contribution in [3.05, 3.63) is 0 Å². The lowest BCUT2D eigenvalue weighted by molar-refractivity contribution is -0.135. The highest BCUT2D eigenvalue weighted by atomic mass is 16.3. The number of rotatable bonds is 4. The normalized spacial score (nSPS) is 25.9. The number of carbonyl (C=O) groups excluding carboxylic acids is 1. The molecule has 0 bridgehead atoms. The van der Waals surface area contributed by atoms with Gasteiger partial charge in [0.2, 0.25) is 5.91 Å². The molecule has 1 amide bonds. The number of aliphatic hydroxyl groups is 1. The van der Waals surface area contributed by atoms with E-state index in [0.29, 0.717) is 6.54 Å². The molecule has 104 valence electrons. The second-order valence-corrected chi connectivity index (χ2v) is 6.14. The average molecular weight is 254 g/mol. The Morgan fingerprint density at radius 1 is 1.06 bits per heavy atom. The fraction of sp³-hybridized carbons (Fsp3) is 0.929. The van der Waals surface area contributed by atoms with Crippen LogP contribution in [0.2, 0.25) is 0 Å². The van der Waals surface area contributed by atoms with Gasteiger partial charge in [0.05, 0.1) is 17.6 Å². The van der Waals surface area contributed by atoms with Gasteiger partial charge in [0.15, 0.2) is 0 Å². The quantitative estimate of drug-likeness (QED) is 0.708. The Morgan fingerprint density at radius 3 is 2.11 bits per heavy atom. The van der Waals surface area contributed by atoms with Crippen LogP contribution in [0.5, 0.6) is 0 Å². The molecule has 18 heavy (non-hydrogen) atoms. The first kappa shape index (κ1) is 13.8. The molecule has 0 unspecified atom stereocenters. The molecule has 2 aliphatic carbocycles. The van der Waals surface area contributed by atoms with Crippen LogP contribution < -0.4 is 11.1 Å². The second kappa shape index (κ2) is 5.57. The summed E-state index contributed by atoms with van der Waals surface area (Å²) >= 11 is 0. The molecule has 2 aliphatic rings. The highest BCUT2D eigenvalue weighted by Gasteiger charge is 2.43. The largest absolute Gasteiger partial charge is 0.394 e. The van der Waals surface area contributed by atoms with Gasteiger partial charge in [-0.2, -0.15) is 0 Å². The summed E-state index contributed by atoms with van der Waals surface area (Å²) in [6.45, 7) is 0.486. The molecular weight excluding hydrogens is 228 g/mol. The number of nitrogens with one attached hydrogen (secondary N) is 1. The van der Waals surface area contributed by atoms with Gasteiger partial charge < -0.3 is 16.2 Å². The van der Waals surface area contributed by atoms with Crippen molar-refractivity contribution < 1.29 is 9.90 Å². The van der Waals surface area contributed by atoms with Crippen molar-refractivity contribution >= 4 is 5.91 Å². The minimum absolute atomic E-state index is 0.0550. The van der Waals surface area contributed by atoms with Crippen LogP contribution in [0, 0.1) is 5.41 Å². The molecule has 0 aromatic carbocycles. The second-order valence-electron chi connectivity index (χ2n) is 6.14. The maximum atomic E-state index is 12.6. The molecular formula is C14H26N2O2. The Bertz CT molecular complexity index is 292. The summed E-state index contributed by atoms with van der Waals surface area (Å²) in [6.07, 6.45) is 9.18. The van der Waals surface area contributed by atoms with Crippen LogP contribution >= 0.6 is 0 Å². The van der Waals surface area contributed by atoms with Crippen molar-refractivity contribution in [3.63, 3.8) is 0 Å². The first-order valence-corrected chi connectivity index (χ1v) is 7.30. The maximum absolute atomic E-state index is 12.6. The molecule has 4 nitrogen and oxygen atoms in total. The Morgan fingerprint density at radius 2 is 1.61 bits per heavy atom. The van der Waals surface area contributed by atoms with Crippen LogP contribution in [-0.4, -0.2) is 29.7 Å². The summed E-state index contributed by atoms with van der Waals surface area (Å²) in [5, 5.41) is 12.7. The molecule has 0 heterocycles. The van der Waals surface area contributed by atoms with Gasteiger partial charge in [-0.3, -0.25) is 4.79 Å². The third-order valence-corrected chi connectivity index (χ3v) is 4.93. The van der Waals surface area contributed by atoms with Crippen LogP contribution in [0.15, 0.2) is 0 Å². The molecule has 0 aliphatic heterocycles. The van der Waals surface area contributed by atoms with Gasteiger partial charge in [-0.25, -0.2) is 0 Å². The third-order valence-electron chi connectivity index (χ3n) is 4.93. The fourth-order valence-electron chi connectivity index (χ4n) is 3.50. The lowest BCUT2D eigenvalue weighted by Gasteiger charge is -2.38. The molecule has 0 spiro atoms. The monoisotopic (exact) mass is 254 g/mol. The van der Waals surface area contributed by atoms with Crippen molar-refractivity contribution in [2.75, 3.05) is 13.2 Å². The number of aliphatic hydroxyl groups excluding tert-OH is 1. The standard InChI is InChI=1S/C14H26N2O2/c15-10-13(6-2-1-3-7-13)12(18)16-14(11-17)8-4-5-9-14/h17H,1-11,15H2,(H,16,18). The van der Waals surface area contributed by atoms with Crippen LogP contribution in [0.1, 0.15) is 57.8 Å². The van der Waals surface area contributed by atoms with Gasteiger partial charge in [0.1, 0.15) is 0 Å². The van der Waals surface area contributed by atoms with Crippen LogP contribution in [0.25, 0.3) is 0 Å². The van der Waals surface area contributed by atoms with E-state index in [1.54, 1.807) is 0 Å². The zero-order chi connectivity index (χ0) is 13.1. The predicted octanol–water partition coefficient (Wildman–Crippen LogP) is 1.32. The van der Waals surface area contributed by atoms with E-state index in [9.17, 15) is 9.90 Å². The third kappa shape index (κ3) is 2.54. The van der Waals surface area contributed by atoms with E-state index in [0.717, 1.165) is 51.4 Å². The van der Waals surface area contributed by atoms with E-state index in [-0.39, 0.29) is 23.5 Å². The summed E-state index contributed by atoms with van der Waals surface area (Å²) in [5.74, 6) is 0.0839. The number of carbonyl (C=O) groups is 1. The maximum Gasteiger partial charge on any atom is 0.228 e. The highest BCUT2D eigenvalue weighted by Crippen LogP contribution is 2.37. The smallest absolute Gasteiger partial charge is 0.228 e. The first-order chi connectivity index (χ1) is 8.66. The molecule has 2 rings (SSSR count). The lowest BCUT2D eigenvalue weighted by atomic mass is 9.73. The van der Waals surface area contributed by atoms with E-state index in [4.69, 9.17) is 5.73 Å². The number of amides is 1. The number of nitrogens with two attached hydrogens (primary N) is 1. The van der Waals surface area contributed by atoms with Gasteiger partial charge in [-0.05, 0) is 25.7 Å². The fourth-order valence-corrected chi connectivity index (χ4v) is 3.50. The van der Waals surface area contributed by atoms with E-state index in [1.807, 2.05) is 0 Å². The Balaban J connectivity index is 2.05. The van der Waals surface area contributed by atoms with Gasteiger partial charge in [-0.15, -0.1) is 0 Å². The Labute approximate surface area is 109 Å². The van der Waals surface area contributed by atoms with Crippen molar-refractivity contribution in [1.82, 2.24) is 5.32 Å². The van der Waals surface area contributed by atoms with Crippen molar-refractivity contribution in [2.24, 2.45) is 11.1 Å². The van der Waals surface area contributed by atoms with Gasteiger partial charge >= 0.3 is 0 Å². The summed E-state index contributed by atoms with van der Waals surface area (Å²) in [5.41, 5.74) is 5.14. The average Bonchev–Trinajstić information content (AvgIpc) is 2.88. The molecule has 2 saturated carbocycles. The molecule has 4 heteroatoms. The summed E-state index contributed by atoms with van der Waals surface area (Å²) in [4.78, 5) is 12.6. The van der Waals surface area contributed by atoms with Crippen LogP contribution in [0.3, 0.4) is 0 Å². The van der Waals surface area contributed by atoms with E-state index in [1.165, 1.54) is 6.42 Å². The van der Waals surface area contributed by atoms with Gasteiger partial charge in [0.25, 0.3) is 0 Å². The molecule has 0 radical (unpaired) electrons. The number of hydrogen-bond donors (Lipinski definition) is 3. The van der Waals surface area contributed by atoms with Gasteiger partial charge in [-0.1, -0.05) is 32.1 Å². The predicted molar refractivity (Wildman–Crippen MR) is 71.0 cm³/mol. The molecule has 4 N–H and O–H groups in total. The minimum Gasteiger partial charge on any atom is -0.394 e. The minimum atomic E-state index is -0.372. The molecule has 0 atom stereocenters. The summed E-state index contributed by atoms with van der Waals surface area (Å²) in [7, 11) is 0. The molecule has 0 aromatic rings. The molecule has 0 aromatic heterocycles.